The molecule has 26 heavy (non-hydrogen) atoms. The molecule has 0 unspecified atom stereocenters. The number of rotatable bonds is 2. The molecule has 0 spiro atoms. The first-order valence-corrected chi connectivity index (χ1v) is 14.9. The Bertz CT molecular complexity index is 990. The van der Waals surface area contributed by atoms with Crippen molar-refractivity contribution in [1.29, 1.82) is 0 Å². The van der Waals surface area contributed by atoms with E-state index >= 15 is 0 Å². The first-order valence-electron chi connectivity index (χ1n) is 9.09. The van der Waals surface area contributed by atoms with Gasteiger partial charge in [-0.2, -0.15) is 0 Å². The summed E-state index contributed by atoms with van der Waals surface area (Å²) in [7, 11) is -4.28. The summed E-state index contributed by atoms with van der Waals surface area (Å²) in [6.45, 7) is 11.0. The largest absolute Gasteiger partial charge is 0.449 e. The van der Waals surface area contributed by atoms with Crippen molar-refractivity contribution < 1.29 is 8.91 Å². The second-order valence-corrected chi connectivity index (χ2v) is 16.3. The standard InChI is InChI=1S/C21H25NO2Si2/c1-13-11-14-7-6-8-15(18(14)12-13)16-9-10-17(21(22)23)20-19(16)25(2,3)24-26(20,4)5/h6-10,12H,11H2,1-5H3,(H2,22,23). The van der Waals surface area contributed by atoms with E-state index in [2.05, 4.69) is 63.5 Å². The van der Waals surface area contributed by atoms with Gasteiger partial charge >= 0.3 is 0 Å². The van der Waals surface area contributed by atoms with Crippen molar-refractivity contribution in [3.05, 3.63) is 52.6 Å². The molecule has 0 fully saturated rings. The molecule has 134 valence electrons. The third kappa shape index (κ3) is 2.46. The number of primary amides is 1. The third-order valence-corrected chi connectivity index (χ3v) is 13.3. The fraction of sp³-hybridized carbons (Fsp3) is 0.286. The summed E-state index contributed by atoms with van der Waals surface area (Å²) < 4.78 is 6.65. The molecule has 1 aliphatic carbocycles. The summed E-state index contributed by atoms with van der Waals surface area (Å²) >= 11 is 0. The molecule has 2 aromatic carbocycles. The van der Waals surface area contributed by atoms with E-state index in [9.17, 15) is 4.79 Å². The topological polar surface area (TPSA) is 52.3 Å². The zero-order valence-electron chi connectivity index (χ0n) is 16.1. The minimum atomic E-state index is -2.16. The molecule has 2 N–H and O–H groups in total. The van der Waals surface area contributed by atoms with Crippen molar-refractivity contribution in [1.82, 2.24) is 0 Å². The maximum absolute atomic E-state index is 12.1. The smallest absolute Gasteiger partial charge is 0.248 e. The van der Waals surface area contributed by atoms with Crippen molar-refractivity contribution in [2.24, 2.45) is 5.73 Å². The van der Waals surface area contributed by atoms with Gasteiger partial charge in [-0.15, -0.1) is 0 Å². The average molecular weight is 380 g/mol. The summed E-state index contributed by atoms with van der Waals surface area (Å²) in [5.74, 6) is -0.349. The van der Waals surface area contributed by atoms with Crippen LogP contribution in [0.5, 0.6) is 0 Å². The molecule has 4 rings (SSSR count). The molecular formula is C21H25NO2Si2. The number of carbonyl (C=O) groups is 1. The van der Waals surface area contributed by atoms with Gasteiger partial charge in [0.25, 0.3) is 0 Å². The lowest BCUT2D eigenvalue weighted by molar-refractivity contribution is 0.100. The summed E-state index contributed by atoms with van der Waals surface area (Å²) in [6.07, 6.45) is 3.31. The van der Waals surface area contributed by atoms with E-state index in [1.165, 1.54) is 33.0 Å². The Hall–Kier alpha value is -1.96. The maximum atomic E-state index is 12.1. The van der Waals surface area contributed by atoms with E-state index in [4.69, 9.17) is 9.85 Å². The monoisotopic (exact) mass is 379 g/mol. The predicted molar refractivity (Wildman–Crippen MR) is 113 cm³/mol. The van der Waals surface area contributed by atoms with Crippen LogP contribution in [0.25, 0.3) is 17.2 Å². The normalized spacial score (nSPS) is 19.0. The molecule has 3 nitrogen and oxygen atoms in total. The van der Waals surface area contributed by atoms with Gasteiger partial charge in [-0.3, -0.25) is 4.79 Å². The van der Waals surface area contributed by atoms with Gasteiger partial charge in [0.2, 0.25) is 22.5 Å². The molecule has 0 bridgehead atoms. The first kappa shape index (κ1) is 17.5. The van der Waals surface area contributed by atoms with Gasteiger partial charge in [-0.1, -0.05) is 35.9 Å². The number of hydrogen-bond donors (Lipinski definition) is 1. The SMILES string of the molecule is CC1=Cc2c(cccc2-c2ccc(C(N)=O)c3c2[Si](C)(C)O[Si]3(C)C)C1. The molecule has 0 aromatic heterocycles. The Kier molecular flexibility index (Phi) is 3.71. The summed E-state index contributed by atoms with van der Waals surface area (Å²) in [5.41, 5.74) is 12.9. The highest BCUT2D eigenvalue weighted by atomic mass is 28.4. The molecule has 2 aliphatic rings. The minimum Gasteiger partial charge on any atom is -0.449 e. The van der Waals surface area contributed by atoms with Gasteiger partial charge in [0, 0.05) is 5.56 Å². The van der Waals surface area contributed by atoms with Crippen molar-refractivity contribution in [2.45, 2.75) is 39.5 Å². The lowest BCUT2D eigenvalue weighted by Gasteiger charge is -2.23. The van der Waals surface area contributed by atoms with Crippen LogP contribution in [-0.2, 0) is 10.5 Å². The highest BCUT2D eigenvalue weighted by molar-refractivity contribution is 7.06. The molecule has 0 saturated heterocycles. The van der Waals surface area contributed by atoms with Crippen molar-refractivity contribution in [3.63, 3.8) is 0 Å². The van der Waals surface area contributed by atoms with Crippen molar-refractivity contribution >= 4 is 39.0 Å². The van der Waals surface area contributed by atoms with E-state index < -0.39 is 16.6 Å². The van der Waals surface area contributed by atoms with Gasteiger partial charge in [0.1, 0.15) is 0 Å². The lowest BCUT2D eigenvalue weighted by Crippen LogP contribution is -2.49. The van der Waals surface area contributed by atoms with Crippen LogP contribution in [0.2, 0.25) is 26.2 Å². The summed E-state index contributed by atoms with van der Waals surface area (Å²) in [5, 5.41) is 2.40. The molecule has 1 amide bonds. The van der Waals surface area contributed by atoms with Crippen LogP contribution in [0.3, 0.4) is 0 Å². The highest BCUT2D eigenvalue weighted by Crippen LogP contribution is 2.36. The summed E-state index contributed by atoms with van der Waals surface area (Å²) in [4.78, 5) is 12.1. The molecule has 0 saturated carbocycles. The molecule has 1 aliphatic heterocycles. The first-order chi connectivity index (χ1) is 12.1. The van der Waals surface area contributed by atoms with Crippen LogP contribution in [0.4, 0.5) is 0 Å². The predicted octanol–water partition coefficient (Wildman–Crippen LogP) is 3.27. The molecule has 0 radical (unpaired) electrons. The Morgan fingerprint density at radius 2 is 1.69 bits per heavy atom. The number of amides is 1. The van der Waals surface area contributed by atoms with Gasteiger partial charge in [0.15, 0.2) is 0 Å². The number of hydrogen-bond acceptors (Lipinski definition) is 2. The van der Waals surface area contributed by atoms with E-state index in [0.29, 0.717) is 5.56 Å². The number of fused-ring (bicyclic) bond motifs is 2. The van der Waals surface area contributed by atoms with E-state index in [1.54, 1.807) is 0 Å². The van der Waals surface area contributed by atoms with Gasteiger partial charge in [-0.05, 0) is 78.2 Å². The van der Waals surface area contributed by atoms with Crippen molar-refractivity contribution in [3.8, 4) is 11.1 Å². The van der Waals surface area contributed by atoms with E-state index in [0.717, 1.165) is 11.6 Å². The quantitative estimate of drug-likeness (QED) is 0.814. The fourth-order valence-electron chi connectivity index (χ4n) is 4.79. The number of carbonyl (C=O) groups excluding carboxylic acids is 1. The van der Waals surface area contributed by atoms with Gasteiger partial charge in [0.05, 0.1) is 0 Å². The third-order valence-electron chi connectivity index (χ3n) is 5.53. The Labute approximate surface area is 157 Å². The van der Waals surface area contributed by atoms with Crippen LogP contribution < -0.4 is 16.1 Å². The molecular weight excluding hydrogens is 354 g/mol. The second-order valence-electron chi connectivity index (χ2n) is 8.44. The van der Waals surface area contributed by atoms with E-state index in [1.807, 2.05) is 6.07 Å². The van der Waals surface area contributed by atoms with Crippen LogP contribution in [0.15, 0.2) is 35.9 Å². The number of benzene rings is 2. The fourth-order valence-corrected chi connectivity index (χ4v) is 15.7. The molecule has 5 heteroatoms. The van der Waals surface area contributed by atoms with Crippen LogP contribution in [0.1, 0.15) is 28.4 Å². The van der Waals surface area contributed by atoms with Crippen LogP contribution >= 0.6 is 0 Å². The van der Waals surface area contributed by atoms with Crippen LogP contribution in [-0.4, -0.2) is 22.5 Å². The van der Waals surface area contributed by atoms with Gasteiger partial charge in [-0.25, -0.2) is 0 Å². The second kappa shape index (κ2) is 5.52. The molecule has 1 heterocycles. The number of allylic oxidation sites excluding steroid dienone is 1. The molecule has 2 aromatic rings. The zero-order valence-corrected chi connectivity index (χ0v) is 18.1. The zero-order chi connectivity index (χ0) is 18.9. The summed E-state index contributed by atoms with van der Waals surface area (Å²) in [6, 6.07) is 10.5. The van der Waals surface area contributed by atoms with Gasteiger partial charge < -0.3 is 9.85 Å². The van der Waals surface area contributed by atoms with Crippen molar-refractivity contribution in [2.75, 3.05) is 0 Å². The Balaban J connectivity index is 2.07. The Morgan fingerprint density at radius 3 is 2.38 bits per heavy atom. The minimum absolute atomic E-state index is 0.349. The van der Waals surface area contributed by atoms with E-state index in [-0.39, 0.29) is 5.91 Å². The Morgan fingerprint density at radius 1 is 1.00 bits per heavy atom. The maximum Gasteiger partial charge on any atom is 0.248 e. The lowest BCUT2D eigenvalue weighted by atomic mass is 9.96. The highest BCUT2D eigenvalue weighted by Gasteiger charge is 2.49. The van der Waals surface area contributed by atoms with Crippen LogP contribution in [0, 0.1) is 0 Å². The molecule has 0 atom stereocenters. The average Bonchev–Trinajstić information content (AvgIpc) is 3.00. The number of nitrogens with two attached hydrogens (primary N) is 1.